The van der Waals surface area contributed by atoms with Crippen LogP contribution in [0, 0.1) is 0 Å². The van der Waals surface area contributed by atoms with E-state index in [1.54, 1.807) is 0 Å². The lowest BCUT2D eigenvalue weighted by Gasteiger charge is -2.19. The first-order valence-electron chi connectivity index (χ1n) is 8.25. The number of rotatable bonds is 4. The first kappa shape index (κ1) is 16.8. The van der Waals surface area contributed by atoms with E-state index in [1.165, 1.54) is 27.1 Å². The Balaban J connectivity index is 1.63. The second-order valence-corrected chi connectivity index (χ2v) is 8.04. The molecule has 0 unspecified atom stereocenters. The van der Waals surface area contributed by atoms with Gasteiger partial charge in [-0.1, -0.05) is 57.2 Å². The zero-order chi connectivity index (χ0) is 17.0. The predicted molar refractivity (Wildman–Crippen MR) is 104 cm³/mol. The highest BCUT2D eigenvalue weighted by atomic mass is 32.2. The monoisotopic (exact) mass is 333 g/mol. The van der Waals surface area contributed by atoms with Crippen molar-refractivity contribution in [1.29, 1.82) is 0 Å². The summed E-state index contributed by atoms with van der Waals surface area (Å²) in [6.07, 6.45) is 3.67. The maximum atomic E-state index is 4.07. The predicted octanol–water partition coefficient (Wildman–Crippen LogP) is 6.34. The van der Waals surface area contributed by atoms with Gasteiger partial charge in [0.25, 0.3) is 0 Å². The molecule has 3 aromatic rings. The van der Waals surface area contributed by atoms with Gasteiger partial charge in [0, 0.05) is 23.0 Å². The van der Waals surface area contributed by atoms with Crippen LogP contribution in [0.2, 0.25) is 0 Å². The summed E-state index contributed by atoms with van der Waals surface area (Å²) in [4.78, 5) is 5.37. The molecule has 0 radical (unpaired) electrons. The van der Waals surface area contributed by atoms with Crippen molar-refractivity contribution >= 4 is 11.8 Å². The molecule has 0 fully saturated rings. The zero-order valence-corrected chi connectivity index (χ0v) is 15.3. The zero-order valence-electron chi connectivity index (χ0n) is 14.5. The third-order valence-corrected chi connectivity index (χ3v) is 5.18. The van der Waals surface area contributed by atoms with Gasteiger partial charge >= 0.3 is 0 Å². The fourth-order valence-electron chi connectivity index (χ4n) is 2.56. The van der Waals surface area contributed by atoms with Crippen LogP contribution >= 0.6 is 11.8 Å². The lowest BCUT2D eigenvalue weighted by molar-refractivity contribution is 0.590. The first-order chi connectivity index (χ1) is 11.5. The van der Waals surface area contributed by atoms with E-state index in [0.29, 0.717) is 0 Å². The van der Waals surface area contributed by atoms with Gasteiger partial charge < -0.3 is 0 Å². The molecule has 2 heteroatoms. The van der Waals surface area contributed by atoms with Crippen molar-refractivity contribution in [3.05, 3.63) is 84.2 Å². The minimum Gasteiger partial charge on any atom is -0.265 e. The van der Waals surface area contributed by atoms with E-state index in [-0.39, 0.29) is 5.41 Å². The highest BCUT2D eigenvalue weighted by Crippen LogP contribution is 2.28. The fourth-order valence-corrected chi connectivity index (χ4v) is 3.41. The summed E-state index contributed by atoms with van der Waals surface area (Å²) in [7, 11) is 0. The molecule has 0 amide bonds. The van der Waals surface area contributed by atoms with Crippen LogP contribution in [-0.4, -0.2) is 4.98 Å². The Bertz CT molecular complexity index is 769. The maximum absolute atomic E-state index is 4.07. The highest BCUT2D eigenvalue weighted by Gasteiger charge is 2.12. The number of hydrogen-bond acceptors (Lipinski definition) is 2. The molecule has 0 aliphatic rings. The van der Waals surface area contributed by atoms with Crippen LogP contribution < -0.4 is 0 Å². The average molecular weight is 334 g/mol. The molecule has 0 spiro atoms. The van der Waals surface area contributed by atoms with Crippen LogP contribution in [0.15, 0.2) is 78.0 Å². The van der Waals surface area contributed by atoms with Crippen LogP contribution in [0.25, 0.3) is 11.1 Å². The first-order valence-corrected chi connectivity index (χ1v) is 9.24. The van der Waals surface area contributed by atoms with E-state index < -0.39 is 0 Å². The third kappa shape index (κ3) is 4.27. The second kappa shape index (κ2) is 7.23. The summed E-state index contributed by atoms with van der Waals surface area (Å²) < 4.78 is 0. The van der Waals surface area contributed by atoms with E-state index >= 15 is 0 Å². The van der Waals surface area contributed by atoms with Gasteiger partial charge in [-0.25, -0.2) is 0 Å². The SMILES string of the molecule is CC(C)(C)c1ccc(CSc2ccc(-c3ccncc3)cc2)cc1. The minimum atomic E-state index is 0.217. The number of aromatic nitrogens is 1. The molecule has 1 nitrogen and oxygen atoms in total. The van der Waals surface area contributed by atoms with Crippen molar-refractivity contribution < 1.29 is 0 Å². The third-order valence-electron chi connectivity index (χ3n) is 4.09. The molecule has 2 aromatic carbocycles. The molecular weight excluding hydrogens is 310 g/mol. The molecule has 0 aliphatic carbocycles. The van der Waals surface area contributed by atoms with Crippen molar-refractivity contribution in [2.45, 2.75) is 36.8 Å². The normalized spacial score (nSPS) is 11.5. The Morgan fingerprint density at radius 2 is 1.33 bits per heavy atom. The van der Waals surface area contributed by atoms with Gasteiger partial charge in [-0.15, -0.1) is 11.8 Å². The summed E-state index contributed by atoms with van der Waals surface area (Å²) in [6.45, 7) is 6.75. The molecule has 1 aromatic heterocycles. The van der Waals surface area contributed by atoms with Crippen LogP contribution in [0.3, 0.4) is 0 Å². The average Bonchev–Trinajstić information content (AvgIpc) is 2.61. The van der Waals surface area contributed by atoms with Gasteiger partial charge in [0.05, 0.1) is 0 Å². The number of pyridine rings is 1. The Labute approximate surface area is 149 Å². The Morgan fingerprint density at radius 3 is 1.92 bits per heavy atom. The van der Waals surface area contributed by atoms with Crippen molar-refractivity contribution in [2.24, 2.45) is 0 Å². The molecule has 0 atom stereocenters. The van der Waals surface area contributed by atoms with Crippen molar-refractivity contribution in [3.63, 3.8) is 0 Å². The lowest BCUT2D eigenvalue weighted by atomic mass is 9.87. The molecule has 0 bridgehead atoms. The van der Waals surface area contributed by atoms with Crippen molar-refractivity contribution in [2.75, 3.05) is 0 Å². The number of benzene rings is 2. The van der Waals surface area contributed by atoms with E-state index in [9.17, 15) is 0 Å². The molecule has 0 saturated carbocycles. The largest absolute Gasteiger partial charge is 0.265 e. The van der Waals surface area contributed by atoms with E-state index in [1.807, 2.05) is 36.3 Å². The van der Waals surface area contributed by atoms with Crippen molar-refractivity contribution in [3.8, 4) is 11.1 Å². The Kier molecular flexibility index (Phi) is 5.06. The molecule has 3 rings (SSSR count). The quantitative estimate of drug-likeness (QED) is 0.517. The summed E-state index contributed by atoms with van der Waals surface area (Å²) in [5.74, 6) is 0.999. The lowest BCUT2D eigenvalue weighted by Crippen LogP contribution is -2.10. The van der Waals surface area contributed by atoms with Gasteiger partial charge in [-0.3, -0.25) is 4.98 Å². The van der Waals surface area contributed by atoms with Gasteiger partial charge in [-0.05, 0) is 51.9 Å². The molecular formula is C22H23NS. The molecule has 0 N–H and O–H groups in total. The van der Waals surface area contributed by atoms with E-state index in [0.717, 1.165) is 5.75 Å². The molecule has 0 saturated heterocycles. The summed E-state index contributed by atoms with van der Waals surface area (Å²) in [5, 5.41) is 0. The maximum Gasteiger partial charge on any atom is 0.0273 e. The van der Waals surface area contributed by atoms with Crippen LogP contribution in [0.1, 0.15) is 31.9 Å². The molecule has 0 aliphatic heterocycles. The minimum absolute atomic E-state index is 0.217. The topological polar surface area (TPSA) is 12.9 Å². The standard InChI is InChI=1S/C22H23NS/c1-22(2,3)20-8-4-17(5-9-20)16-24-21-10-6-18(7-11-21)19-12-14-23-15-13-19/h4-15H,16H2,1-3H3. The van der Waals surface area contributed by atoms with Crippen molar-refractivity contribution in [1.82, 2.24) is 4.98 Å². The number of thioether (sulfide) groups is 1. The van der Waals surface area contributed by atoms with Gasteiger partial charge in [0.1, 0.15) is 0 Å². The Morgan fingerprint density at radius 1 is 0.750 bits per heavy atom. The summed E-state index contributed by atoms with van der Waals surface area (Å²) >= 11 is 1.88. The summed E-state index contributed by atoms with van der Waals surface area (Å²) in [6, 6.07) is 21.8. The number of hydrogen-bond donors (Lipinski definition) is 0. The highest BCUT2D eigenvalue weighted by molar-refractivity contribution is 7.98. The van der Waals surface area contributed by atoms with Crippen LogP contribution in [0.4, 0.5) is 0 Å². The fraction of sp³-hybridized carbons (Fsp3) is 0.227. The molecule has 122 valence electrons. The van der Waals surface area contributed by atoms with Gasteiger partial charge in [0.2, 0.25) is 0 Å². The Hall–Kier alpha value is -2.06. The van der Waals surface area contributed by atoms with E-state index in [4.69, 9.17) is 0 Å². The number of nitrogens with zero attached hydrogens (tertiary/aromatic N) is 1. The summed E-state index contributed by atoms with van der Waals surface area (Å²) in [5.41, 5.74) is 5.41. The second-order valence-electron chi connectivity index (χ2n) is 7.00. The van der Waals surface area contributed by atoms with Crippen LogP contribution in [-0.2, 0) is 11.2 Å². The van der Waals surface area contributed by atoms with E-state index in [2.05, 4.69) is 74.3 Å². The smallest absolute Gasteiger partial charge is 0.0273 e. The van der Waals surface area contributed by atoms with Gasteiger partial charge in [0.15, 0.2) is 0 Å². The molecule has 1 heterocycles. The molecule has 24 heavy (non-hydrogen) atoms. The van der Waals surface area contributed by atoms with Gasteiger partial charge in [-0.2, -0.15) is 0 Å². The van der Waals surface area contributed by atoms with Crippen LogP contribution in [0.5, 0.6) is 0 Å².